The van der Waals surface area contributed by atoms with E-state index in [4.69, 9.17) is 25.8 Å². The molecule has 8 nitrogen and oxygen atoms in total. The Bertz CT molecular complexity index is 1400. The summed E-state index contributed by atoms with van der Waals surface area (Å²) in [4.78, 5) is 39.2. The van der Waals surface area contributed by atoms with Gasteiger partial charge in [-0.1, -0.05) is 41.9 Å². The van der Waals surface area contributed by atoms with E-state index in [1.165, 1.54) is 0 Å². The topological polar surface area (TPSA) is 94.2 Å². The fourth-order valence-corrected chi connectivity index (χ4v) is 5.21. The molecule has 3 aromatic rings. The lowest BCUT2D eigenvalue weighted by Crippen LogP contribution is -2.32. The summed E-state index contributed by atoms with van der Waals surface area (Å²) in [6.45, 7) is 2.13. The van der Waals surface area contributed by atoms with Crippen LogP contribution in [0.4, 0.5) is 10.5 Å². The van der Waals surface area contributed by atoms with Gasteiger partial charge in [-0.25, -0.2) is 0 Å². The highest BCUT2D eigenvalue weighted by molar-refractivity contribution is 9.10. The molecule has 39 heavy (non-hydrogen) atoms. The SMILES string of the molecule is CCOc1cc(/C=C2\SC(=O)N(CCOc3ccccc3Cl)C2=O)cc(Br)c1OCC(=O)Nc1ccccc1. The Labute approximate surface area is 243 Å². The number of nitrogens with one attached hydrogen (secondary N) is 1. The van der Waals surface area contributed by atoms with Gasteiger partial charge in [-0.05, 0) is 82.7 Å². The normalized spacial score (nSPS) is 14.0. The quantitative estimate of drug-likeness (QED) is 0.237. The third-order valence-corrected chi connectivity index (χ3v) is 7.13. The van der Waals surface area contributed by atoms with Gasteiger partial charge in [0, 0.05) is 5.69 Å². The second-order valence-electron chi connectivity index (χ2n) is 8.08. The van der Waals surface area contributed by atoms with Crippen molar-refractivity contribution in [1.82, 2.24) is 4.90 Å². The zero-order valence-corrected chi connectivity index (χ0v) is 24.0. The first-order valence-corrected chi connectivity index (χ1v) is 13.9. The summed E-state index contributed by atoms with van der Waals surface area (Å²) in [5.41, 5.74) is 1.28. The first-order chi connectivity index (χ1) is 18.9. The average Bonchev–Trinajstić information content (AvgIpc) is 3.17. The maximum atomic E-state index is 12.9. The van der Waals surface area contributed by atoms with E-state index in [0.29, 0.717) is 44.6 Å². The van der Waals surface area contributed by atoms with Crippen LogP contribution < -0.4 is 19.5 Å². The number of hydrogen-bond acceptors (Lipinski definition) is 7. The van der Waals surface area contributed by atoms with Crippen molar-refractivity contribution in [3.63, 3.8) is 0 Å². The molecule has 11 heteroatoms. The van der Waals surface area contributed by atoms with Gasteiger partial charge in [-0.2, -0.15) is 0 Å². The number of benzene rings is 3. The Kier molecular flexibility index (Phi) is 9.91. The molecule has 1 fully saturated rings. The summed E-state index contributed by atoms with van der Waals surface area (Å²) in [5.74, 6) is 0.474. The molecule has 0 bridgehead atoms. The standard InChI is InChI=1S/C28H24BrClN2O6S/c1-2-36-23-15-18(14-20(29)26(23)38-17-25(33)31-19-8-4-3-5-9-19)16-24-27(34)32(28(35)39-24)12-13-37-22-11-7-6-10-21(22)30/h3-11,14-16H,2,12-13,17H2,1H3,(H,31,33)/b24-16-. The number of rotatable bonds is 11. The van der Waals surface area contributed by atoms with E-state index in [2.05, 4.69) is 21.2 Å². The Morgan fingerprint density at radius 1 is 1.03 bits per heavy atom. The number of thioether (sulfide) groups is 1. The molecule has 1 heterocycles. The van der Waals surface area contributed by atoms with Crippen molar-refractivity contribution in [1.29, 1.82) is 0 Å². The maximum Gasteiger partial charge on any atom is 0.293 e. The molecule has 0 radical (unpaired) electrons. The molecule has 0 unspecified atom stereocenters. The lowest BCUT2D eigenvalue weighted by molar-refractivity contribution is -0.123. The fraction of sp³-hybridized carbons (Fsp3) is 0.179. The zero-order valence-electron chi connectivity index (χ0n) is 20.8. The number of para-hydroxylation sites is 2. The van der Waals surface area contributed by atoms with Crippen molar-refractivity contribution >= 4 is 68.1 Å². The largest absolute Gasteiger partial charge is 0.490 e. The number of carbonyl (C=O) groups excluding carboxylic acids is 3. The van der Waals surface area contributed by atoms with Gasteiger partial charge in [0.25, 0.3) is 17.1 Å². The van der Waals surface area contributed by atoms with Crippen LogP contribution in [0.25, 0.3) is 6.08 Å². The minimum absolute atomic E-state index is 0.0823. The number of amides is 3. The highest BCUT2D eigenvalue weighted by Gasteiger charge is 2.35. The molecule has 1 aliphatic rings. The third kappa shape index (κ3) is 7.56. The molecule has 1 saturated heterocycles. The number of anilines is 1. The van der Waals surface area contributed by atoms with Crippen molar-refractivity contribution in [3.05, 3.63) is 86.7 Å². The van der Waals surface area contributed by atoms with E-state index >= 15 is 0 Å². The molecule has 0 aliphatic carbocycles. The van der Waals surface area contributed by atoms with E-state index in [0.717, 1.165) is 16.7 Å². The van der Waals surface area contributed by atoms with E-state index in [1.807, 2.05) is 25.1 Å². The van der Waals surface area contributed by atoms with E-state index in [9.17, 15) is 14.4 Å². The van der Waals surface area contributed by atoms with Crippen molar-refractivity contribution in [3.8, 4) is 17.2 Å². The van der Waals surface area contributed by atoms with Gasteiger partial charge in [0.2, 0.25) is 0 Å². The fourth-order valence-electron chi connectivity index (χ4n) is 3.58. The smallest absolute Gasteiger partial charge is 0.293 e. The summed E-state index contributed by atoms with van der Waals surface area (Å²) >= 11 is 10.4. The lowest BCUT2D eigenvalue weighted by Gasteiger charge is -2.15. The third-order valence-electron chi connectivity index (χ3n) is 5.32. The zero-order chi connectivity index (χ0) is 27.8. The molecular formula is C28H24BrClN2O6S. The molecule has 1 N–H and O–H groups in total. The predicted octanol–water partition coefficient (Wildman–Crippen LogP) is 6.63. The minimum atomic E-state index is -0.417. The van der Waals surface area contributed by atoms with E-state index in [1.54, 1.807) is 54.6 Å². The van der Waals surface area contributed by atoms with Crippen LogP contribution in [0, 0.1) is 0 Å². The van der Waals surface area contributed by atoms with Crippen LogP contribution in [-0.2, 0) is 9.59 Å². The second kappa shape index (κ2) is 13.5. The average molecular weight is 632 g/mol. The van der Waals surface area contributed by atoms with Crippen LogP contribution in [0.5, 0.6) is 17.2 Å². The Morgan fingerprint density at radius 2 is 1.77 bits per heavy atom. The van der Waals surface area contributed by atoms with Gasteiger partial charge >= 0.3 is 0 Å². The molecule has 3 amide bonds. The molecular weight excluding hydrogens is 608 g/mol. The molecule has 0 atom stereocenters. The first-order valence-electron chi connectivity index (χ1n) is 11.9. The molecule has 0 saturated carbocycles. The van der Waals surface area contributed by atoms with Crippen LogP contribution in [-0.4, -0.2) is 48.3 Å². The summed E-state index contributed by atoms with van der Waals surface area (Å²) < 4.78 is 17.6. The summed E-state index contributed by atoms with van der Waals surface area (Å²) in [5, 5.41) is 2.82. The maximum absolute atomic E-state index is 12.9. The Hall–Kier alpha value is -3.47. The van der Waals surface area contributed by atoms with Gasteiger partial charge in [0.1, 0.15) is 12.4 Å². The Morgan fingerprint density at radius 3 is 2.51 bits per heavy atom. The molecule has 4 rings (SSSR count). The first kappa shape index (κ1) is 28.5. The van der Waals surface area contributed by atoms with Crippen LogP contribution >= 0.6 is 39.3 Å². The van der Waals surface area contributed by atoms with Crippen molar-refractivity contribution < 1.29 is 28.6 Å². The van der Waals surface area contributed by atoms with Crippen molar-refractivity contribution in [2.24, 2.45) is 0 Å². The number of carbonyl (C=O) groups is 3. The molecule has 1 aliphatic heterocycles. The number of hydrogen-bond donors (Lipinski definition) is 1. The summed E-state index contributed by atoms with van der Waals surface area (Å²) in [6, 6.07) is 19.5. The van der Waals surface area contributed by atoms with Crippen LogP contribution in [0.1, 0.15) is 12.5 Å². The monoisotopic (exact) mass is 630 g/mol. The highest BCUT2D eigenvalue weighted by atomic mass is 79.9. The van der Waals surface area contributed by atoms with E-state index < -0.39 is 5.91 Å². The van der Waals surface area contributed by atoms with Crippen LogP contribution in [0.3, 0.4) is 0 Å². The number of nitrogens with zero attached hydrogens (tertiary/aromatic N) is 1. The van der Waals surface area contributed by atoms with Crippen LogP contribution in [0.15, 0.2) is 76.1 Å². The number of halogens is 2. The molecule has 0 aromatic heterocycles. The van der Waals surface area contributed by atoms with Crippen molar-refractivity contribution in [2.45, 2.75) is 6.92 Å². The lowest BCUT2D eigenvalue weighted by atomic mass is 10.2. The molecule has 202 valence electrons. The Balaban J connectivity index is 1.42. The number of imide groups is 1. The van der Waals surface area contributed by atoms with Crippen molar-refractivity contribution in [2.75, 3.05) is 31.7 Å². The van der Waals surface area contributed by atoms with Crippen LogP contribution in [0.2, 0.25) is 5.02 Å². The van der Waals surface area contributed by atoms with Gasteiger partial charge in [-0.15, -0.1) is 0 Å². The number of ether oxygens (including phenoxy) is 3. The highest BCUT2D eigenvalue weighted by Crippen LogP contribution is 2.39. The van der Waals surface area contributed by atoms with E-state index in [-0.39, 0.29) is 35.8 Å². The minimum Gasteiger partial charge on any atom is -0.490 e. The van der Waals surface area contributed by atoms with Gasteiger partial charge in [0.05, 0.1) is 27.6 Å². The predicted molar refractivity (Wildman–Crippen MR) is 156 cm³/mol. The summed E-state index contributed by atoms with van der Waals surface area (Å²) in [6.07, 6.45) is 1.61. The van der Waals surface area contributed by atoms with Gasteiger partial charge in [-0.3, -0.25) is 19.3 Å². The molecule has 3 aromatic carbocycles. The van der Waals surface area contributed by atoms with Gasteiger partial charge < -0.3 is 19.5 Å². The summed E-state index contributed by atoms with van der Waals surface area (Å²) in [7, 11) is 0. The molecule has 0 spiro atoms. The second-order valence-corrected chi connectivity index (χ2v) is 10.3. The van der Waals surface area contributed by atoms with Gasteiger partial charge in [0.15, 0.2) is 18.1 Å².